The summed E-state index contributed by atoms with van der Waals surface area (Å²) in [6.45, 7) is 7.24. The van der Waals surface area contributed by atoms with Gasteiger partial charge in [0.25, 0.3) is 0 Å². The first-order valence-corrected chi connectivity index (χ1v) is 5.24. The Hall–Kier alpha value is -0.120. The van der Waals surface area contributed by atoms with Gasteiger partial charge in [-0.25, -0.2) is 0 Å². The minimum atomic E-state index is 0.236. The summed E-state index contributed by atoms with van der Waals surface area (Å²) < 4.78 is 5.61. The van der Waals surface area contributed by atoms with Gasteiger partial charge in [-0.3, -0.25) is 4.90 Å². The number of nitrogens with zero attached hydrogens (tertiary/aromatic N) is 1. The molecule has 1 saturated heterocycles. The van der Waals surface area contributed by atoms with E-state index in [2.05, 4.69) is 18.7 Å². The van der Waals surface area contributed by atoms with Crippen molar-refractivity contribution in [3.05, 3.63) is 0 Å². The Morgan fingerprint density at radius 1 is 1.62 bits per heavy atom. The van der Waals surface area contributed by atoms with Crippen LogP contribution in [-0.2, 0) is 4.74 Å². The van der Waals surface area contributed by atoms with Gasteiger partial charge in [0.1, 0.15) is 6.23 Å². The van der Waals surface area contributed by atoms with Crippen LogP contribution in [0.1, 0.15) is 26.7 Å². The molecule has 1 heterocycles. The number of rotatable bonds is 5. The molecule has 0 aromatic rings. The first kappa shape index (κ1) is 11.0. The third-order valence-corrected chi connectivity index (χ3v) is 2.78. The summed E-state index contributed by atoms with van der Waals surface area (Å²) in [4.78, 5) is 2.23. The van der Waals surface area contributed by atoms with E-state index in [0.717, 1.165) is 26.1 Å². The molecule has 2 atom stereocenters. The van der Waals surface area contributed by atoms with Crippen molar-refractivity contribution >= 4 is 0 Å². The van der Waals surface area contributed by atoms with E-state index in [1.165, 1.54) is 6.42 Å². The number of ether oxygens (including phenoxy) is 1. The smallest absolute Gasteiger partial charge is 0.111 e. The molecule has 1 fully saturated rings. The number of β-amino-alcohol motifs (C(OH)–C–C–N with tert-alkyl or cyclic N) is 1. The summed E-state index contributed by atoms with van der Waals surface area (Å²) in [5.74, 6) is 0.712. The lowest BCUT2D eigenvalue weighted by Gasteiger charge is -2.24. The average Bonchev–Trinajstić information content (AvgIpc) is 2.54. The minimum Gasteiger partial charge on any atom is -0.395 e. The van der Waals surface area contributed by atoms with E-state index in [1.807, 2.05) is 0 Å². The maximum absolute atomic E-state index is 8.84. The summed E-state index contributed by atoms with van der Waals surface area (Å²) in [6, 6.07) is 0. The lowest BCUT2D eigenvalue weighted by molar-refractivity contribution is 0.00965. The van der Waals surface area contributed by atoms with Crippen LogP contribution < -0.4 is 0 Å². The maximum Gasteiger partial charge on any atom is 0.111 e. The molecular formula is C10H21NO2. The van der Waals surface area contributed by atoms with Gasteiger partial charge in [-0.05, 0) is 12.3 Å². The predicted octanol–water partition coefficient (Wildman–Crippen LogP) is 1.07. The highest BCUT2D eigenvalue weighted by atomic mass is 16.5. The van der Waals surface area contributed by atoms with E-state index in [-0.39, 0.29) is 12.8 Å². The lowest BCUT2D eigenvalue weighted by Crippen LogP contribution is -2.33. The Morgan fingerprint density at radius 3 is 3.00 bits per heavy atom. The molecule has 1 aliphatic rings. The van der Waals surface area contributed by atoms with Crippen molar-refractivity contribution in [1.82, 2.24) is 4.90 Å². The van der Waals surface area contributed by atoms with Crippen molar-refractivity contribution in [3.63, 3.8) is 0 Å². The number of hydrogen-bond acceptors (Lipinski definition) is 3. The van der Waals surface area contributed by atoms with Crippen molar-refractivity contribution < 1.29 is 9.84 Å². The van der Waals surface area contributed by atoms with E-state index >= 15 is 0 Å². The van der Waals surface area contributed by atoms with Gasteiger partial charge < -0.3 is 9.84 Å². The van der Waals surface area contributed by atoms with Crippen LogP contribution in [0.4, 0.5) is 0 Å². The second-order valence-electron chi connectivity index (χ2n) is 3.83. The zero-order valence-corrected chi connectivity index (χ0v) is 8.70. The number of aliphatic hydroxyl groups is 1. The maximum atomic E-state index is 8.84. The molecule has 0 aromatic heterocycles. The largest absolute Gasteiger partial charge is 0.395 e. The SMILES string of the molecule is CCC(C)CC1OCCN1CCO. The van der Waals surface area contributed by atoms with Gasteiger partial charge in [-0.15, -0.1) is 0 Å². The third-order valence-electron chi connectivity index (χ3n) is 2.78. The van der Waals surface area contributed by atoms with E-state index in [9.17, 15) is 0 Å². The molecule has 0 radical (unpaired) electrons. The highest BCUT2D eigenvalue weighted by Gasteiger charge is 2.25. The number of aliphatic hydroxyl groups excluding tert-OH is 1. The summed E-state index contributed by atoms with van der Waals surface area (Å²) in [7, 11) is 0. The van der Waals surface area contributed by atoms with E-state index in [4.69, 9.17) is 9.84 Å². The summed E-state index contributed by atoms with van der Waals surface area (Å²) in [5, 5.41) is 8.84. The van der Waals surface area contributed by atoms with Crippen LogP contribution >= 0.6 is 0 Å². The molecule has 1 N–H and O–H groups in total. The van der Waals surface area contributed by atoms with Crippen molar-refractivity contribution in [3.8, 4) is 0 Å². The molecule has 0 aromatic carbocycles. The fourth-order valence-corrected chi connectivity index (χ4v) is 1.67. The zero-order valence-electron chi connectivity index (χ0n) is 8.70. The number of hydrogen-bond donors (Lipinski definition) is 1. The van der Waals surface area contributed by atoms with Crippen molar-refractivity contribution in [2.75, 3.05) is 26.3 Å². The second-order valence-corrected chi connectivity index (χ2v) is 3.83. The first-order valence-electron chi connectivity index (χ1n) is 5.24. The average molecular weight is 187 g/mol. The van der Waals surface area contributed by atoms with Gasteiger partial charge in [0.05, 0.1) is 13.2 Å². The Bertz CT molecular complexity index is 141. The van der Waals surface area contributed by atoms with Crippen LogP contribution in [0, 0.1) is 5.92 Å². The predicted molar refractivity (Wildman–Crippen MR) is 52.5 cm³/mol. The molecule has 0 saturated carbocycles. The highest BCUT2D eigenvalue weighted by Crippen LogP contribution is 2.19. The van der Waals surface area contributed by atoms with Crippen LogP contribution in [0.3, 0.4) is 0 Å². The molecular weight excluding hydrogens is 166 g/mol. The van der Waals surface area contributed by atoms with Crippen molar-refractivity contribution in [2.24, 2.45) is 5.92 Å². The topological polar surface area (TPSA) is 32.7 Å². The van der Waals surface area contributed by atoms with Crippen LogP contribution in [-0.4, -0.2) is 42.5 Å². The molecule has 0 spiro atoms. The molecule has 0 bridgehead atoms. The van der Waals surface area contributed by atoms with Crippen molar-refractivity contribution in [1.29, 1.82) is 0 Å². The molecule has 0 amide bonds. The monoisotopic (exact) mass is 187 g/mol. The quantitative estimate of drug-likeness (QED) is 0.699. The Kier molecular flexibility index (Phi) is 4.70. The van der Waals surface area contributed by atoms with E-state index < -0.39 is 0 Å². The fraction of sp³-hybridized carbons (Fsp3) is 1.00. The molecule has 1 aliphatic heterocycles. The van der Waals surface area contributed by atoms with Crippen LogP contribution in [0.25, 0.3) is 0 Å². The van der Waals surface area contributed by atoms with Gasteiger partial charge in [-0.1, -0.05) is 20.3 Å². The lowest BCUT2D eigenvalue weighted by atomic mass is 10.0. The fourth-order valence-electron chi connectivity index (χ4n) is 1.67. The minimum absolute atomic E-state index is 0.236. The van der Waals surface area contributed by atoms with Crippen molar-refractivity contribution in [2.45, 2.75) is 32.9 Å². The second kappa shape index (κ2) is 5.58. The van der Waals surface area contributed by atoms with E-state index in [1.54, 1.807) is 0 Å². The standard InChI is InChI=1S/C10H21NO2/c1-3-9(2)8-10-11(4-6-12)5-7-13-10/h9-10,12H,3-8H2,1-2H3. The molecule has 78 valence electrons. The van der Waals surface area contributed by atoms with Gasteiger partial charge >= 0.3 is 0 Å². The molecule has 3 heteroatoms. The van der Waals surface area contributed by atoms with Crippen LogP contribution in [0.15, 0.2) is 0 Å². The Balaban J connectivity index is 2.30. The Labute approximate surface area is 80.7 Å². The summed E-state index contributed by atoms with van der Waals surface area (Å²) in [6.07, 6.45) is 2.55. The van der Waals surface area contributed by atoms with Gasteiger partial charge in [0.15, 0.2) is 0 Å². The van der Waals surface area contributed by atoms with Gasteiger partial charge in [0, 0.05) is 13.1 Å². The molecule has 1 rings (SSSR count). The summed E-state index contributed by atoms with van der Waals surface area (Å²) >= 11 is 0. The normalized spacial score (nSPS) is 26.5. The van der Waals surface area contributed by atoms with E-state index in [0.29, 0.717) is 5.92 Å². The van der Waals surface area contributed by atoms with Crippen LogP contribution in [0.5, 0.6) is 0 Å². The molecule has 3 nitrogen and oxygen atoms in total. The summed E-state index contributed by atoms with van der Waals surface area (Å²) in [5.41, 5.74) is 0. The molecule has 2 unspecified atom stereocenters. The third kappa shape index (κ3) is 3.25. The van der Waals surface area contributed by atoms with Crippen LogP contribution in [0.2, 0.25) is 0 Å². The Morgan fingerprint density at radius 2 is 2.38 bits per heavy atom. The molecule has 0 aliphatic carbocycles. The van der Waals surface area contributed by atoms with Gasteiger partial charge in [0.2, 0.25) is 0 Å². The highest BCUT2D eigenvalue weighted by molar-refractivity contribution is 4.71. The molecule has 13 heavy (non-hydrogen) atoms. The van der Waals surface area contributed by atoms with Gasteiger partial charge in [-0.2, -0.15) is 0 Å². The zero-order chi connectivity index (χ0) is 9.68. The first-order chi connectivity index (χ1) is 6.27.